The maximum Gasteiger partial charge on any atom is 0.317 e. The molecule has 1 aliphatic heterocycles. The van der Waals surface area contributed by atoms with Crippen molar-refractivity contribution >= 4 is 16.1 Å². The number of aryl methyl sites for hydroxylation is 1. The number of piperazine rings is 1. The molecule has 1 aromatic carbocycles. The van der Waals surface area contributed by atoms with Crippen molar-refractivity contribution in [2.24, 2.45) is 0 Å². The summed E-state index contributed by atoms with van der Waals surface area (Å²) < 4.78 is 32.3. The van der Waals surface area contributed by atoms with Crippen molar-refractivity contribution in [2.75, 3.05) is 39.3 Å². The van der Waals surface area contributed by atoms with Gasteiger partial charge in [0.1, 0.15) is 10.6 Å². The lowest BCUT2D eigenvalue weighted by Crippen LogP contribution is -2.53. The molecule has 9 heteroatoms. The van der Waals surface area contributed by atoms with E-state index >= 15 is 0 Å². The molecule has 1 aliphatic rings. The van der Waals surface area contributed by atoms with Crippen LogP contribution in [0.4, 0.5) is 4.79 Å². The molecule has 2 amide bonds. The lowest BCUT2D eigenvalue weighted by Gasteiger charge is -2.33. The van der Waals surface area contributed by atoms with E-state index in [0.717, 1.165) is 11.3 Å². The Morgan fingerprint density at radius 1 is 1.17 bits per heavy atom. The maximum absolute atomic E-state index is 12.6. The second-order valence-electron chi connectivity index (χ2n) is 6.83. The smallest absolute Gasteiger partial charge is 0.317 e. The van der Waals surface area contributed by atoms with Gasteiger partial charge in [-0.3, -0.25) is 4.98 Å². The van der Waals surface area contributed by atoms with Crippen LogP contribution in [0.15, 0.2) is 53.7 Å². The molecule has 1 aromatic heterocycles. The van der Waals surface area contributed by atoms with E-state index in [2.05, 4.69) is 10.3 Å². The first-order valence-electron chi connectivity index (χ1n) is 9.59. The van der Waals surface area contributed by atoms with Gasteiger partial charge in [0.05, 0.1) is 6.61 Å². The summed E-state index contributed by atoms with van der Waals surface area (Å²) in [6.45, 7) is 4.26. The molecular weight excluding hydrogens is 392 g/mol. The SMILES string of the molecule is Cc1cccc(OCCCNC(=O)N2CCN(S(=O)(=O)c3cccnc3)CC2)c1. The van der Waals surface area contributed by atoms with Gasteiger partial charge >= 0.3 is 6.03 Å². The van der Waals surface area contributed by atoms with E-state index in [1.165, 1.54) is 22.8 Å². The van der Waals surface area contributed by atoms with Crippen LogP contribution in [0.3, 0.4) is 0 Å². The molecule has 0 unspecified atom stereocenters. The number of rotatable bonds is 7. The molecule has 8 nitrogen and oxygen atoms in total. The quantitative estimate of drug-likeness (QED) is 0.693. The van der Waals surface area contributed by atoms with Crippen molar-refractivity contribution in [3.8, 4) is 5.75 Å². The molecule has 156 valence electrons. The fraction of sp³-hybridized carbons (Fsp3) is 0.400. The Morgan fingerprint density at radius 2 is 1.97 bits per heavy atom. The highest BCUT2D eigenvalue weighted by Crippen LogP contribution is 2.16. The van der Waals surface area contributed by atoms with Gasteiger partial charge in [0.25, 0.3) is 0 Å². The van der Waals surface area contributed by atoms with Crippen LogP contribution in [0.1, 0.15) is 12.0 Å². The molecule has 2 aromatic rings. The van der Waals surface area contributed by atoms with Crippen LogP contribution in [0, 0.1) is 6.92 Å². The lowest BCUT2D eigenvalue weighted by atomic mass is 10.2. The molecular formula is C20H26N4O4S. The maximum atomic E-state index is 12.6. The first-order chi connectivity index (χ1) is 14.0. The standard InChI is InChI=1S/C20H26N4O4S/c1-17-5-2-6-18(15-17)28-14-4-9-22-20(25)23-10-12-24(13-11-23)29(26,27)19-7-3-8-21-16-19/h2-3,5-8,15-16H,4,9-14H2,1H3,(H,22,25). The van der Waals surface area contributed by atoms with E-state index in [1.807, 2.05) is 31.2 Å². The molecule has 3 rings (SSSR count). The Hall–Kier alpha value is -2.65. The number of hydrogen-bond acceptors (Lipinski definition) is 5. The molecule has 0 radical (unpaired) electrons. The molecule has 0 bridgehead atoms. The van der Waals surface area contributed by atoms with Gasteiger partial charge in [0.15, 0.2) is 0 Å². The van der Waals surface area contributed by atoms with Crippen LogP contribution >= 0.6 is 0 Å². The Labute approximate surface area is 171 Å². The number of ether oxygens (including phenoxy) is 1. The molecule has 0 atom stereocenters. The number of nitrogens with one attached hydrogen (secondary N) is 1. The Bertz CT molecular complexity index is 913. The average Bonchev–Trinajstić information content (AvgIpc) is 2.74. The van der Waals surface area contributed by atoms with Crippen LogP contribution in [0.2, 0.25) is 0 Å². The van der Waals surface area contributed by atoms with Crippen molar-refractivity contribution in [1.82, 2.24) is 19.5 Å². The topological polar surface area (TPSA) is 91.8 Å². The molecule has 0 aliphatic carbocycles. The minimum atomic E-state index is -3.57. The zero-order valence-corrected chi connectivity index (χ0v) is 17.3. The fourth-order valence-electron chi connectivity index (χ4n) is 3.05. The van der Waals surface area contributed by atoms with Crippen molar-refractivity contribution in [1.29, 1.82) is 0 Å². The highest BCUT2D eigenvalue weighted by Gasteiger charge is 2.30. The van der Waals surface area contributed by atoms with Gasteiger partial charge in [-0.15, -0.1) is 0 Å². The zero-order valence-electron chi connectivity index (χ0n) is 16.5. The number of carbonyl (C=O) groups is 1. The summed E-state index contributed by atoms with van der Waals surface area (Å²) in [4.78, 5) is 18.0. The van der Waals surface area contributed by atoms with E-state index in [4.69, 9.17) is 4.74 Å². The largest absolute Gasteiger partial charge is 0.494 e. The van der Waals surface area contributed by atoms with Crippen LogP contribution in [-0.4, -0.2) is 68.0 Å². The van der Waals surface area contributed by atoms with E-state index in [9.17, 15) is 13.2 Å². The number of aromatic nitrogens is 1. The van der Waals surface area contributed by atoms with Crippen molar-refractivity contribution in [3.05, 3.63) is 54.4 Å². The van der Waals surface area contributed by atoms with Crippen LogP contribution in [-0.2, 0) is 10.0 Å². The van der Waals surface area contributed by atoms with Gasteiger partial charge in [0, 0.05) is 45.1 Å². The number of benzene rings is 1. The lowest BCUT2D eigenvalue weighted by molar-refractivity contribution is 0.171. The summed E-state index contributed by atoms with van der Waals surface area (Å²) in [6, 6.07) is 10.8. The molecule has 29 heavy (non-hydrogen) atoms. The van der Waals surface area contributed by atoms with Gasteiger partial charge in [-0.25, -0.2) is 13.2 Å². The predicted molar refractivity (Wildman–Crippen MR) is 109 cm³/mol. The number of hydrogen-bond donors (Lipinski definition) is 1. The minimum Gasteiger partial charge on any atom is -0.494 e. The number of amides is 2. The number of nitrogens with zero attached hydrogens (tertiary/aromatic N) is 3. The van der Waals surface area contributed by atoms with Gasteiger partial charge in [-0.05, 0) is 43.2 Å². The highest BCUT2D eigenvalue weighted by atomic mass is 32.2. The van der Waals surface area contributed by atoms with Crippen LogP contribution in [0.5, 0.6) is 5.75 Å². The monoisotopic (exact) mass is 418 g/mol. The van der Waals surface area contributed by atoms with E-state index in [0.29, 0.717) is 32.7 Å². The second-order valence-corrected chi connectivity index (χ2v) is 8.77. The molecule has 1 fully saturated rings. The third-order valence-corrected chi connectivity index (χ3v) is 6.54. The van der Waals surface area contributed by atoms with Crippen LogP contribution in [0.25, 0.3) is 0 Å². The van der Waals surface area contributed by atoms with Crippen LogP contribution < -0.4 is 10.1 Å². The summed E-state index contributed by atoms with van der Waals surface area (Å²) in [5.41, 5.74) is 1.14. The minimum absolute atomic E-state index is 0.173. The molecule has 0 spiro atoms. The fourth-order valence-corrected chi connectivity index (χ4v) is 4.44. The van der Waals surface area contributed by atoms with E-state index in [1.54, 1.807) is 11.0 Å². The van der Waals surface area contributed by atoms with Crippen molar-refractivity contribution in [2.45, 2.75) is 18.2 Å². The average molecular weight is 419 g/mol. The second kappa shape index (κ2) is 9.71. The third-order valence-electron chi connectivity index (χ3n) is 4.65. The Kier molecular flexibility index (Phi) is 7.05. The Morgan fingerprint density at radius 3 is 2.66 bits per heavy atom. The normalized spacial score (nSPS) is 15.1. The summed E-state index contributed by atoms with van der Waals surface area (Å²) in [6.07, 6.45) is 3.56. The number of sulfonamides is 1. The van der Waals surface area contributed by atoms with Gasteiger partial charge in [0.2, 0.25) is 10.0 Å². The third kappa shape index (κ3) is 5.68. The summed E-state index contributed by atoms with van der Waals surface area (Å²) in [5.74, 6) is 0.822. The molecule has 0 saturated carbocycles. The zero-order chi connectivity index (χ0) is 20.7. The summed E-state index contributed by atoms with van der Waals surface area (Å²) in [5, 5.41) is 2.86. The molecule has 2 heterocycles. The van der Waals surface area contributed by atoms with E-state index < -0.39 is 10.0 Å². The number of pyridine rings is 1. The highest BCUT2D eigenvalue weighted by molar-refractivity contribution is 7.89. The van der Waals surface area contributed by atoms with Gasteiger partial charge in [-0.2, -0.15) is 4.31 Å². The van der Waals surface area contributed by atoms with Gasteiger partial charge in [-0.1, -0.05) is 12.1 Å². The Balaban J connectivity index is 1.38. The predicted octanol–water partition coefficient (Wildman–Crippen LogP) is 1.88. The number of carbonyl (C=O) groups excluding carboxylic acids is 1. The first kappa shape index (κ1) is 21.1. The van der Waals surface area contributed by atoms with Crippen molar-refractivity contribution < 1.29 is 17.9 Å². The van der Waals surface area contributed by atoms with Gasteiger partial charge < -0.3 is 15.0 Å². The first-order valence-corrected chi connectivity index (χ1v) is 11.0. The van der Waals surface area contributed by atoms with Crippen molar-refractivity contribution in [3.63, 3.8) is 0 Å². The summed E-state index contributed by atoms with van der Waals surface area (Å²) in [7, 11) is -3.57. The molecule has 1 N–H and O–H groups in total. The number of urea groups is 1. The summed E-state index contributed by atoms with van der Waals surface area (Å²) >= 11 is 0. The van der Waals surface area contributed by atoms with E-state index in [-0.39, 0.29) is 24.0 Å². The molecule has 1 saturated heterocycles.